The van der Waals surface area contributed by atoms with Crippen molar-refractivity contribution in [2.75, 3.05) is 32.8 Å². The van der Waals surface area contributed by atoms with Gasteiger partial charge in [0.1, 0.15) is 0 Å². The van der Waals surface area contributed by atoms with Crippen molar-refractivity contribution in [1.29, 1.82) is 0 Å². The lowest BCUT2D eigenvalue weighted by Crippen LogP contribution is -2.51. The van der Waals surface area contributed by atoms with Gasteiger partial charge < -0.3 is 10.0 Å². The van der Waals surface area contributed by atoms with Crippen LogP contribution in [0, 0.1) is 5.92 Å². The monoisotopic (exact) mass is 270 g/mol. The maximum absolute atomic E-state index is 12.4. The Labute approximate surface area is 117 Å². The van der Waals surface area contributed by atoms with Crippen molar-refractivity contribution in [2.24, 2.45) is 5.92 Å². The van der Waals surface area contributed by atoms with Crippen molar-refractivity contribution in [1.82, 2.24) is 9.80 Å². The van der Waals surface area contributed by atoms with E-state index in [2.05, 4.69) is 25.7 Å². The Balaban J connectivity index is 2.57. The maximum atomic E-state index is 12.4. The van der Waals surface area contributed by atoms with Gasteiger partial charge in [0, 0.05) is 19.1 Å². The minimum absolute atomic E-state index is 0.155. The van der Waals surface area contributed by atoms with Crippen molar-refractivity contribution in [3.63, 3.8) is 0 Å². The first-order valence-corrected chi connectivity index (χ1v) is 7.76. The van der Waals surface area contributed by atoms with Crippen molar-refractivity contribution in [3.05, 3.63) is 0 Å². The second-order valence-corrected chi connectivity index (χ2v) is 5.72. The van der Waals surface area contributed by atoms with Crippen LogP contribution in [-0.4, -0.2) is 59.6 Å². The Morgan fingerprint density at radius 2 is 1.95 bits per heavy atom. The molecule has 1 saturated heterocycles. The summed E-state index contributed by atoms with van der Waals surface area (Å²) in [6.45, 7) is 9.65. The fourth-order valence-electron chi connectivity index (χ4n) is 3.00. The highest BCUT2D eigenvalue weighted by atomic mass is 16.3. The minimum atomic E-state index is 0.155. The van der Waals surface area contributed by atoms with Crippen LogP contribution in [0.15, 0.2) is 0 Å². The molecule has 0 aromatic carbocycles. The van der Waals surface area contributed by atoms with Crippen LogP contribution in [0.4, 0.5) is 0 Å². The van der Waals surface area contributed by atoms with E-state index in [1.165, 1.54) is 0 Å². The minimum Gasteiger partial charge on any atom is -0.395 e. The molecule has 1 amide bonds. The van der Waals surface area contributed by atoms with Gasteiger partial charge in [0.15, 0.2) is 0 Å². The molecule has 1 rings (SSSR count). The molecule has 0 aliphatic carbocycles. The maximum Gasteiger partial charge on any atom is 0.236 e. The van der Waals surface area contributed by atoms with Crippen molar-refractivity contribution < 1.29 is 9.90 Å². The summed E-state index contributed by atoms with van der Waals surface area (Å²) in [5.74, 6) is 0.702. The van der Waals surface area contributed by atoms with Crippen LogP contribution in [0.2, 0.25) is 0 Å². The molecule has 0 spiro atoms. The van der Waals surface area contributed by atoms with Gasteiger partial charge in [-0.3, -0.25) is 9.69 Å². The van der Waals surface area contributed by atoms with Gasteiger partial charge in [-0.2, -0.15) is 0 Å². The molecule has 4 heteroatoms. The molecule has 1 heterocycles. The molecule has 112 valence electrons. The third-order valence-corrected chi connectivity index (χ3v) is 4.10. The van der Waals surface area contributed by atoms with Gasteiger partial charge in [0.25, 0.3) is 0 Å². The number of carbonyl (C=O) groups is 1. The lowest BCUT2D eigenvalue weighted by atomic mass is 9.91. The van der Waals surface area contributed by atoms with Gasteiger partial charge in [0.2, 0.25) is 5.91 Å². The van der Waals surface area contributed by atoms with Crippen LogP contribution >= 0.6 is 0 Å². The van der Waals surface area contributed by atoms with Gasteiger partial charge in [-0.1, -0.05) is 20.8 Å². The first kappa shape index (κ1) is 16.4. The molecule has 2 unspecified atom stereocenters. The second-order valence-electron chi connectivity index (χ2n) is 5.72. The lowest BCUT2D eigenvalue weighted by Gasteiger charge is -2.39. The summed E-state index contributed by atoms with van der Waals surface area (Å²) in [6.07, 6.45) is 4.30. The standard InChI is InChI=1S/C15H30N2O2/c1-4-8-16(9-5-2)15(19)11-17-10-6-7-13(3)14(17)12-18/h13-14,18H,4-12H2,1-3H3. The van der Waals surface area contributed by atoms with Gasteiger partial charge in [-0.05, 0) is 38.1 Å². The molecule has 1 aliphatic heterocycles. The highest BCUT2D eigenvalue weighted by molar-refractivity contribution is 5.78. The normalized spacial score (nSPS) is 24.4. The molecule has 0 saturated carbocycles. The smallest absolute Gasteiger partial charge is 0.236 e. The summed E-state index contributed by atoms with van der Waals surface area (Å²) < 4.78 is 0. The Hall–Kier alpha value is -0.610. The summed E-state index contributed by atoms with van der Waals surface area (Å²) >= 11 is 0. The number of hydrogen-bond acceptors (Lipinski definition) is 3. The highest BCUT2D eigenvalue weighted by Crippen LogP contribution is 2.22. The molecule has 19 heavy (non-hydrogen) atoms. The van der Waals surface area contributed by atoms with E-state index in [-0.39, 0.29) is 18.6 Å². The zero-order chi connectivity index (χ0) is 14.3. The van der Waals surface area contributed by atoms with E-state index in [4.69, 9.17) is 0 Å². The Morgan fingerprint density at radius 1 is 1.32 bits per heavy atom. The van der Waals surface area contributed by atoms with E-state index in [9.17, 15) is 9.90 Å². The van der Waals surface area contributed by atoms with E-state index in [0.717, 1.165) is 45.3 Å². The molecule has 1 fully saturated rings. The molecule has 0 aromatic heterocycles. The van der Waals surface area contributed by atoms with E-state index >= 15 is 0 Å². The van der Waals surface area contributed by atoms with E-state index in [0.29, 0.717) is 12.5 Å². The molecule has 2 atom stereocenters. The first-order chi connectivity index (χ1) is 9.13. The fourth-order valence-corrected chi connectivity index (χ4v) is 3.00. The fraction of sp³-hybridized carbons (Fsp3) is 0.933. The van der Waals surface area contributed by atoms with Crippen molar-refractivity contribution in [2.45, 2.75) is 52.5 Å². The summed E-state index contributed by atoms with van der Waals surface area (Å²) in [5.41, 5.74) is 0. The largest absolute Gasteiger partial charge is 0.395 e. The third kappa shape index (κ3) is 4.77. The van der Waals surface area contributed by atoms with Crippen LogP contribution in [-0.2, 0) is 4.79 Å². The molecule has 4 nitrogen and oxygen atoms in total. The van der Waals surface area contributed by atoms with Gasteiger partial charge in [-0.25, -0.2) is 0 Å². The molecule has 1 aliphatic rings. The summed E-state index contributed by atoms with van der Waals surface area (Å²) in [6, 6.07) is 0.155. The summed E-state index contributed by atoms with van der Waals surface area (Å²) in [7, 11) is 0. The van der Waals surface area contributed by atoms with Gasteiger partial charge in [-0.15, -0.1) is 0 Å². The number of hydrogen-bond donors (Lipinski definition) is 1. The predicted octanol–water partition coefficient (Wildman–Crippen LogP) is 1.73. The van der Waals surface area contributed by atoms with Crippen LogP contribution in [0.5, 0.6) is 0 Å². The second kappa shape index (κ2) is 8.54. The molecule has 1 N–H and O–H groups in total. The van der Waals surface area contributed by atoms with Crippen molar-refractivity contribution >= 4 is 5.91 Å². The SMILES string of the molecule is CCCN(CCC)C(=O)CN1CCCC(C)C1CO. The molecular weight excluding hydrogens is 240 g/mol. The van der Waals surface area contributed by atoms with E-state index in [1.807, 2.05) is 4.90 Å². The Morgan fingerprint density at radius 3 is 2.47 bits per heavy atom. The zero-order valence-electron chi connectivity index (χ0n) is 12.8. The number of amides is 1. The quantitative estimate of drug-likeness (QED) is 0.766. The molecular formula is C15H30N2O2. The van der Waals surface area contributed by atoms with Crippen LogP contribution in [0.25, 0.3) is 0 Å². The number of aliphatic hydroxyl groups excluding tert-OH is 1. The topological polar surface area (TPSA) is 43.8 Å². The highest BCUT2D eigenvalue weighted by Gasteiger charge is 2.29. The van der Waals surface area contributed by atoms with E-state index in [1.54, 1.807) is 0 Å². The summed E-state index contributed by atoms with van der Waals surface area (Å²) in [5, 5.41) is 9.52. The molecule has 0 aromatic rings. The number of likely N-dealkylation sites (tertiary alicyclic amines) is 1. The predicted molar refractivity (Wildman–Crippen MR) is 78.0 cm³/mol. The number of aliphatic hydroxyl groups is 1. The summed E-state index contributed by atoms with van der Waals surface area (Å²) in [4.78, 5) is 16.5. The third-order valence-electron chi connectivity index (χ3n) is 4.10. The van der Waals surface area contributed by atoms with Crippen LogP contribution in [0.3, 0.4) is 0 Å². The average Bonchev–Trinajstić information content (AvgIpc) is 2.38. The molecule has 0 bridgehead atoms. The average molecular weight is 270 g/mol. The van der Waals surface area contributed by atoms with Crippen molar-refractivity contribution in [3.8, 4) is 0 Å². The zero-order valence-corrected chi connectivity index (χ0v) is 12.8. The Bertz CT molecular complexity index is 265. The van der Waals surface area contributed by atoms with E-state index < -0.39 is 0 Å². The number of carbonyl (C=O) groups excluding carboxylic acids is 1. The number of rotatable bonds is 7. The Kier molecular flexibility index (Phi) is 7.39. The van der Waals surface area contributed by atoms with Gasteiger partial charge >= 0.3 is 0 Å². The number of piperidine rings is 1. The first-order valence-electron chi connectivity index (χ1n) is 7.76. The molecule has 0 radical (unpaired) electrons. The number of nitrogens with zero attached hydrogens (tertiary/aromatic N) is 2. The van der Waals surface area contributed by atoms with Crippen LogP contribution < -0.4 is 0 Å². The van der Waals surface area contributed by atoms with Gasteiger partial charge in [0.05, 0.1) is 13.2 Å². The van der Waals surface area contributed by atoms with Crippen LogP contribution in [0.1, 0.15) is 46.5 Å². The lowest BCUT2D eigenvalue weighted by molar-refractivity contribution is -0.134.